The summed E-state index contributed by atoms with van der Waals surface area (Å²) in [5.41, 5.74) is 4.18. The number of fused-ring (bicyclic) bond motifs is 1. The maximum Gasteiger partial charge on any atom is 0.328 e. The summed E-state index contributed by atoms with van der Waals surface area (Å²) >= 11 is 1.38. The van der Waals surface area contributed by atoms with Crippen LogP contribution in [-0.4, -0.2) is 32.4 Å². The highest BCUT2D eigenvalue weighted by molar-refractivity contribution is 7.10. The van der Waals surface area contributed by atoms with Gasteiger partial charge in [-0.05, 0) is 72.3 Å². The Morgan fingerprint density at radius 1 is 1.05 bits per heavy atom. The van der Waals surface area contributed by atoms with E-state index in [0.29, 0.717) is 33.2 Å². The van der Waals surface area contributed by atoms with Crippen LogP contribution in [0.5, 0.6) is 0 Å². The van der Waals surface area contributed by atoms with E-state index in [1.54, 1.807) is 55.0 Å². The third-order valence-corrected chi connectivity index (χ3v) is 8.57. The minimum Gasteiger partial charge on any atom is -0.478 e. The van der Waals surface area contributed by atoms with Crippen molar-refractivity contribution in [3.8, 4) is 11.4 Å². The van der Waals surface area contributed by atoms with Crippen LogP contribution in [0.4, 0.5) is 5.69 Å². The molecule has 2 amide bonds. The quantitative estimate of drug-likeness (QED) is 0.157. The standard InChI is InChI=1S/C33H30N4O5S/c38-29(39)15-10-21-8-12-24(13-9-21)34-33(41)30(28-7-4-18-43-28)36-32(40)22-11-14-27-26(19-22)35-31(23-16-17-42-20-23)37(27)25-5-2-1-3-6-25/h4,7-20,25,30H,1-3,5-6H2,(H,34,41)(H,36,40)(H,38,39)/b15-10+. The van der Waals surface area contributed by atoms with E-state index in [-0.39, 0.29) is 5.91 Å². The minimum absolute atomic E-state index is 0.331. The summed E-state index contributed by atoms with van der Waals surface area (Å²) in [7, 11) is 0. The Balaban J connectivity index is 1.25. The molecule has 1 aliphatic carbocycles. The molecule has 6 rings (SSSR count). The van der Waals surface area contributed by atoms with Gasteiger partial charge in [-0.15, -0.1) is 11.3 Å². The molecule has 1 fully saturated rings. The molecule has 0 spiro atoms. The van der Waals surface area contributed by atoms with Gasteiger partial charge >= 0.3 is 5.97 Å². The molecule has 1 aliphatic rings. The van der Waals surface area contributed by atoms with Gasteiger partial charge in [0.25, 0.3) is 11.8 Å². The van der Waals surface area contributed by atoms with Crippen LogP contribution >= 0.6 is 11.3 Å². The van der Waals surface area contributed by atoms with Crippen molar-refractivity contribution in [2.45, 2.75) is 44.2 Å². The molecule has 3 heterocycles. The fourth-order valence-corrected chi connectivity index (χ4v) is 6.31. The lowest BCUT2D eigenvalue weighted by atomic mass is 9.95. The predicted molar refractivity (Wildman–Crippen MR) is 166 cm³/mol. The number of benzene rings is 2. The number of nitrogens with zero attached hydrogens (tertiary/aromatic N) is 2. The summed E-state index contributed by atoms with van der Waals surface area (Å²) < 4.78 is 7.64. The lowest BCUT2D eigenvalue weighted by Gasteiger charge is -2.25. The van der Waals surface area contributed by atoms with E-state index in [0.717, 1.165) is 35.8 Å². The first-order valence-electron chi connectivity index (χ1n) is 14.2. The van der Waals surface area contributed by atoms with Gasteiger partial charge in [0.2, 0.25) is 0 Å². The van der Waals surface area contributed by atoms with Crippen molar-refractivity contribution in [3.05, 3.63) is 101 Å². The molecular formula is C33H30N4O5S. The fraction of sp³-hybridized carbons (Fsp3) is 0.212. The van der Waals surface area contributed by atoms with Crippen molar-refractivity contribution in [1.29, 1.82) is 0 Å². The number of amides is 2. The molecule has 0 aliphatic heterocycles. The fourth-order valence-electron chi connectivity index (χ4n) is 5.54. The SMILES string of the molecule is O=C(O)/C=C/c1ccc(NC(=O)C(NC(=O)c2ccc3c(c2)nc(-c2ccoc2)n3C2CCCCC2)c2cccs2)cc1. The number of aromatic nitrogens is 2. The van der Waals surface area contributed by atoms with Crippen molar-refractivity contribution in [2.75, 3.05) is 5.32 Å². The second-order valence-electron chi connectivity index (χ2n) is 10.5. The smallest absolute Gasteiger partial charge is 0.328 e. The highest BCUT2D eigenvalue weighted by Crippen LogP contribution is 2.36. The number of aliphatic carboxylic acids is 1. The highest BCUT2D eigenvalue weighted by atomic mass is 32.1. The van der Waals surface area contributed by atoms with Gasteiger partial charge in [0.15, 0.2) is 0 Å². The zero-order valence-corrected chi connectivity index (χ0v) is 24.0. The molecule has 1 saturated carbocycles. The van der Waals surface area contributed by atoms with Gasteiger partial charge in [0.05, 0.1) is 22.9 Å². The van der Waals surface area contributed by atoms with Crippen molar-refractivity contribution in [2.24, 2.45) is 0 Å². The molecule has 218 valence electrons. The number of nitrogens with one attached hydrogen (secondary N) is 2. The Morgan fingerprint density at radius 2 is 1.86 bits per heavy atom. The van der Waals surface area contributed by atoms with Crippen LogP contribution in [-0.2, 0) is 9.59 Å². The number of carboxylic acids is 1. The second kappa shape index (κ2) is 12.5. The summed E-state index contributed by atoms with van der Waals surface area (Å²) in [6.07, 6.45) is 11.6. The van der Waals surface area contributed by atoms with Crippen LogP contribution < -0.4 is 10.6 Å². The Hall–Kier alpha value is -4.96. The summed E-state index contributed by atoms with van der Waals surface area (Å²) in [6.45, 7) is 0. The van der Waals surface area contributed by atoms with Gasteiger partial charge in [-0.2, -0.15) is 0 Å². The Kier molecular flexibility index (Phi) is 8.19. The molecule has 43 heavy (non-hydrogen) atoms. The van der Waals surface area contributed by atoms with E-state index in [4.69, 9.17) is 14.5 Å². The van der Waals surface area contributed by atoms with Gasteiger partial charge in [0.1, 0.15) is 18.1 Å². The molecule has 3 aromatic heterocycles. The molecular weight excluding hydrogens is 564 g/mol. The summed E-state index contributed by atoms with van der Waals surface area (Å²) in [5, 5.41) is 16.5. The average Bonchev–Trinajstić information content (AvgIpc) is 3.81. The van der Waals surface area contributed by atoms with Crippen LogP contribution in [0.25, 0.3) is 28.5 Å². The van der Waals surface area contributed by atoms with Crippen LogP contribution in [0.1, 0.15) is 65.0 Å². The van der Waals surface area contributed by atoms with Gasteiger partial charge in [-0.1, -0.05) is 37.5 Å². The van der Waals surface area contributed by atoms with Crippen molar-refractivity contribution in [1.82, 2.24) is 14.9 Å². The molecule has 0 radical (unpaired) electrons. The van der Waals surface area contributed by atoms with Crippen molar-refractivity contribution < 1.29 is 23.9 Å². The van der Waals surface area contributed by atoms with Gasteiger partial charge < -0.3 is 24.7 Å². The van der Waals surface area contributed by atoms with Crippen LogP contribution in [0.2, 0.25) is 0 Å². The topological polar surface area (TPSA) is 126 Å². The summed E-state index contributed by atoms with van der Waals surface area (Å²) in [5.74, 6) is -0.994. The molecule has 1 unspecified atom stereocenters. The number of carbonyl (C=O) groups excluding carboxylic acids is 2. The molecule has 10 heteroatoms. The number of carboxylic acid groups (broad SMARTS) is 1. The van der Waals surface area contributed by atoms with Gasteiger partial charge in [0, 0.05) is 28.2 Å². The van der Waals surface area contributed by atoms with Crippen molar-refractivity contribution >= 4 is 51.9 Å². The van der Waals surface area contributed by atoms with E-state index < -0.39 is 17.9 Å². The molecule has 3 N–H and O–H groups in total. The number of hydrogen-bond acceptors (Lipinski definition) is 6. The van der Waals surface area contributed by atoms with Gasteiger partial charge in [-0.3, -0.25) is 9.59 Å². The third kappa shape index (κ3) is 6.29. The molecule has 5 aromatic rings. The zero-order valence-electron chi connectivity index (χ0n) is 23.2. The highest BCUT2D eigenvalue weighted by Gasteiger charge is 2.26. The van der Waals surface area contributed by atoms with Crippen LogP contribution in [0.15, 0.2) is 89.1 Å². The average molecular weight is 595 g/mol. The Morgan fingerprint density at radius 3 is 2.56 bits per heavy atom. The normalized spacial score (nSPS) is 14.6. The number of furan rings is 1. The number of hydrogen-bond donors (Lipinski definition) is 3. The third-order valence-electron chi connectivity index (χ3n) is 7.63. The number of imidazole rings is 1. The number of rotatable bonds is 9. The monoisotopic (exact) mass is 594 g/mol. The first-order chi connectivity index (χ1) is 21.0. The minimum atomic E-state index is -1.04. The molecule has 0 saturated heterocycles. The van der Waals surface area contributed by atoms with E-state index in [9.17, 15) is 14.4 Å². The van der Waals surface area contributed by atoms with E-state index >= 15 is 0 Å². The van der Waals surface area contributed by atoms with Crippen molar-refractivity contribution in [3.63, 3.8) is 0 Å². The second-order valence-corrected chi connectivity index (χ2v) is 11.5. The van der Waals surface area contributed by atoms with E-state index in [2.05, 4.69) is 15.2 Å². The number of carbonyl (C=O) groups is 3. The van der Waals surface area contributed by atoms with E-state index in [1.165, 1.54) is 36.7 Å². The summed E-state index contributed by atoms with van der Waals surface area (Å²) in [6, 6.07) is 17.2. The van der Waals surface area contributed by atoms with Crippen LogP contribution in [0, 0.1) is 0 Å². The predicted octanol–water partition coefficient (Wildman–Crippen LogP) is 7.07. The lowest BCUT2D eigenvalue weighted by Crippen LogP contribution is -2.36. The first kappa shape index (κ1) is 28.2. The molecule has 1 atom stereocenters. The van der Waals surface area contributed by atoms with E-state index in [1.807, 2.05) is 23.6 Å². The molecule has 0 bridgehead atoms. The first-order valence-corrected chi connectivity index (χ1v) is 15.0. The number of thiophene rings is 1. The molecule has 9 nitrogen and oxygen atoms in total. The Labute approximate surface area is 251 Å². The lowest BCUT2D eigenvalue weighted by molar-refractivity contribution is -0.131. The molecule has 2 aromatic carbocycles. The maximum atomic E-state index is 13.6. The van der Waals surface area contributed by atoms with Crippen LogP contribution in [0.3, 0.4) is 0 Å². The Bertz CT molecular complexity index is 1770. The maximum absolute atomic E-state index is 13.6. The van der Waals surface area contributed by atoms with Gasteiger partial charge in [-0.25, -0.2) is 9.78 Å². The largest absolute Gasteiger partial charge is 0.478 e. The summed E-state index contributed by atoms with van der Waals surface area (Å²) in [4.78, 5) is 43.4. The zero-order chi connectivity index (χ0) is 29.8. The number of anilines is 1.